The first-order valence-electron chi connectivity index (χ1n) is 11.6. The van der Waals surface area contributed by atoms with Crippen molar-refractivity contribution in [2.45, 2.75) is 11.8 Å². The SMILES string of the molecule is COc1cc(C=CC(=O)NCCSc2c(-c3ccc(C)cc3)[nH]c3ccccc23)cc(OC)c1OC. The van der Waals surface area contributed by atoms with E-state index in [4.69, 9.17) is 14.2 Å². The smallest absolute Gasteiger partial charge is 0.244 e. The van der Waals surface area contributed by atoms with Crippen molar-refractivity contribution in [1.82, 2.24) is 10.3 Å². The molecule has 4 rings (SSSR count). The van der Waals surface area contributed by atoms with Gasteiger partial charge in [0, 0.05) is 34.2 Å². The van der Waals surface area contributed by atoms with E-state index in [9.17, 15) is 4.79 Å². The number of methoxy groups -OCH3 is 3. The maximum atomic E-state index is 12.4. The third kappa shape index (κ3) is 5.69. The Kier molecular flexibility index (Phi) is 8.23. The number of fused-ring (bicyclic) bond motifs is 1. The van der Waals surface area contributed by atoms with Gasteiger partial charge in [-0.25, -0.2) is 0 Å². The fourth-order valence-corrected chi connectivity index (χ4v) is 5.00. The van der Waals surface area contributed by atoms with Gasteiger partial charge in [-0.3, -0.25) is 4.79 Å². The zero-order chi connectivity index (χ0) is 25.5. The van der Waals surface area contributed by atoms with Gasteiger partial charge in [0.05, 0.1) is 27.0 Å². The van der Waals surface area contributed by atoms with Gasteiger partial charge < -0.3 is 24.5 Å². The number of benzene rings is 3. The summed E-state index contributed by atoms with van der Waals surface area (Å²) in [6.45, 7) is 2.62. The molecule has 0 saturated carbocycles. The third-order valence-electron chi connectivity index (χ3n) is 5.76. The molecule has 0 aliphatic carbocycles. The van der Waals surface area contributed by atoms with E-state index in [1.807, 2.05) is 6.07 Å². The Hall–Kier alpha value is -3.84. The molecule has 2 N–H and O–H groups in total. The molecular weight excluding hydrogens is 472 g/mol. The average Bonchev–Trinajstić information content (AvgIpc) is 3.28. The molecule has 4 aromatic rings. The monoisotopic (exact) mass is 502 g/mol. The van der Waals surface area contributed by atoms with Crippen molar-refractivity contribution in [3.05, 3.63) is 77.9 Å². The van der Waals surface area contributed by atoms with Crippen molar-refractivity contribution in [1.29, 1.82) is 0 Å². The van der Waals surface area contributed by atoms with Gasteiger partial charge >= 0.3 is 0 Å². The molecule has 0 unspecified atom stereocenters. The number of aromatic amines is 1. The number of para-hydroxylation sites is 1. The standard InChI is InChI=1S/C29H30N2O4S/c1-19-9-12-21(13-10-19)27-29(22-7-5-6-8-23(22)31-27)36-16-15-30-26(32)14-11-20-17-24(33-2)28(35-4)25(18-20)34-3/h5-14,17-18,31H,15-16H2,1-4H3,(H,30,32). The van der Waals surface area contributed by atoms with Crippen molar-refractivity contribution in [2.24, 2.45) is 0 Å². The fourth-order valence-electron chi connectivity index (χ4n) is 3.95. The van der Waals surface area contributed by atoms with Gasteiger partial charge in [0.1, 0.15) is 0 Å². The predicted molar refractivity (Wildman–Crippen MR) is 147 cm³/mol. The van der Waals surface area contributed by atoms with E-state index in [1.54, 1.807) is 51.3 Å². The zero-order valence-corrected chi connectivity index (χ0v) is 21.7. The molecule has 0 spiro atoms. The van der Waals surface area contributed by atoms with Gasteiger partial charge in [0.2, 0.25) is 11.7 Å². The zero-order valence-electron chi connectivity index (χ0n) is 20.9. The van der Waals surface area contributed by atoms with Crippen LogP contribution in [0.3, 0.4) is 0 Å². The molecule has 3 aromatic carbocycles. The Bertz CT molecular complexity index is 1350. The van der Waals surface area contributed by atoms with Crippen LogP contribution in [-0.2, 0) is 4.79 Å². The summed E-state index contributed by atoms with van der Waals surface area (Å²) in [7, 11) is 4.68. The van der Waals surface area contributed by atoms with Crippen molar-refractivity contribution < 1.29 is 19.0 Å². The lowest BCUT2D eigenvalue weighted by atomic mass is 10.1. The second-order valence-corrected chi connectivity index (χ2v) is 9.28. The van der Waals surface area contributed by atoms with Crippen molar-refractivity contribution in [3.63, 3.8) is 0 Å². The highest BCUT2D eigenvalue weighted by Gasteiger charge is 2.14. The van der Waals surface area contributed by atoms with Crippen LogP contribution < -0.4 is 19.5 Å². The highest BCUT2D eigenvalue weighted by Crippen LogP contribution is 2.39. The third-order valence-corrected chi connectivity index (χ3v) is 6.88. The Morgan fingerprint density at radius 2 is 1.67 bits per heavy atom. The van der Waals surface area contributed by atoms with Crippen LogP contribution in [0.2, 0.25) is 0 Å². The maximum Gasteiger partial charge on any atom is 0.244 e. The maximum absolute atomic E-state index is 12.4. The fraction of sp³-hybridized carbons (Fsp3) is 0.207. The van der Waals surface area contributed by atoms with E-state index < -0.39 is 0 Å². The van der Waals surface area contributed by atoms with Crippen LogP contribution in [0, 0.1) is 6.92 Å². The second kappa shape index (κ2) is 11.7. The molecule has 1 aromatic heterocycles. The van der Waals surface area contributed by atoms with Crippen LogP contribution in [0.4, 0.5) is 0 Å². The van der Waals surface area contributed by atoms with E-state index in [0.717, 1.165) is 28.1 Å². The molecule has 7 heteroatoms. The molecule has 0 saturated heterocycles. The summed E-state index contributed by atoms with van der Waals surface area (Å²) < 4.78 is 16.1. The summed E-state index contributed by atoms with van der Waals surface area (Å²) in [5.41, 5.74) is 5.36. The van der Waals surface area contributed by atoms with Crippen molar-refractivity contribution in [2.75, 3.05) is 33.6 Å². The number of aryl methyl sites for hydroxylation is 1. The van der Waals surface area contributed by atoms with E-state index >= 15 is 0 Å². The lowest BCUT2D eigenvalue weighted by Crippen LogP contribution is -2.23. The summed E-state index contributed by atoms with van der Waals surface area (Å²) in [5, 5.41) is 4.15. The molecule has 36 heavy (non-hydrogen) atoms. The van der Waals surface area contributed by atoms with Crippen LogP contribution in [0.25, 0.3) is 28.2 Å². The molecule has 0 fully saturated rings. The Morgan fingerprint density at radius 3 is 2.33 bits per heavy atom. The quantitative estimate of drug-likeness (QED) is 0.156. The van der Waals surface area contributed by atoms with Crippen LogP contribution in [0.15, 0.2) is 71.6 Å². The Morgan fingerprint density at radius 1 is 0.972 bits per heavy atom. The molecule has 1 heterocycles. The van der Waals surface area contributed by atoms with Crippen molar-refractivity contribution >= 4 is 34.6 Å². The molecule has 1 amide bonds. The number of nitrogens with one attached hydrogen (secondary N) is 2. The molecule has 0 bridgehead atoms. The number of thioether (sulfide) groups is 1. The number of aromatic nitrogens is 1. The molecule has 6 nitrogen and oxygen atoms in total. The lowest BCUT2D eigenvalue weighted by molar-refractivity contribution is -0.116. The minimum absolute atomic E-state index is 0.165. The molecule has 186 valence electrons. The number of amides is 1. The highest BCUT2D eigenvalue weighted by molar-refractivity contribution is 7.99. The van der Waals surface area contributed by atoms with Gasteiger partial charge in [-0.2, -0.15) is 0 Å². The number of H-pyrrole nitrogens is 1. The first kappa shape index (κ1) is 25.3. The lowest BCUT2D eigenvalue weighted by Gasteiger charge is -2.12. The van der Waals surface area contributed by atoms with Crippen LogP contribution in [0.1, 0.15) is 11.1 Å². The van der Waals surface area contributed by atoms with E-state index in [1.165, 1.54) is 21.9 Å². The summed E-state index contributed by atoms with van der Waals surface area (Å²) in [6, 6.07) is 20.4. The molecular formula is C29H30N2O4S. The summed E-state index contributed by atoms with van der Waals surface area (Å²) in [4.78, 5) is 17.2. The van der Waals surface area contributed by atoms with E-state index in [0.29, 0.717) is 23.8 Å². The number of carbonyl (C=O) groups is 1. The van der Waals surface area contributed by atoms with Crippen LogP contribution >= 0.6 is 11.8 Å². The number of carbonyl (C=O) groups excluding carboxylic acids is 1. The first-order chi connectivity index (χ1) is 17.5. The molecule has 0 aliphatic rings. The van der Waals surface area contributed by atoms with Crippen molar-refractivity contribution in [3.8, 4) is 28.5 Å². The molecule has 0 aliphatic heterocycles. The summed E-state index contributed by atoms with van der Waals surface area (Å²) in [5.74, 6) is 2.17. The van der Waals surface area contributed by atoms with Gasteiger partial charge in [0.25, 0.3) is 0 Å². The van der Waals surface area contributed by atoms with Gasteiger partial charge in [-0.1, -0.05) is 48.0 Å². The number of hydrogen-bond acceptors (Lipinski definition) is 5. The summed E-state index contributed by atoms with van der Waals surface area (Å²) >= 11 is 1.74. The number of hydrogen-bond donors (Lipinski definition) is 2. The van der Waals surface area contributed by atoms with Crippen LogP contribution in [0.5, 0.6) is 17.2 Å². The Labute approximate surface area is 215 Å². The minimum atomic E-state index is -0.165. The molecule has 0 atom stereocenters. The Balaban J connectivity index is 1.40. The van der Waals surface area contributed by atoms with E-state index in [2.05, 4.69) is 59.7 Å². The summed E-state index contributed by atoms with van der Waals surface area (Å²) in [6.07, 6.45) is 3.23. The predicted octanol–water partition coefficient (Wildman–Crippen LogP) is 6.09. The number of ether oxygens (including phenoxy) is 3. The highest BCUT2D eigenvalue weighted by atomic mass is 32.2. The van der Waals surface area contributed by atoms with Crippen LogP contribution in [-0.4, -0.2) is 44.5 Å². The van der Waals surface area contributed by atoms with Gasteiger partial charge in [-0.15, -0.1) is 11.8 Å². The minimum Gasteiger partial charge on any atom is -0.493 e. The number of rotatable bonds is 10. The first-order valence-corrected chi connectivity index (χ1v) is 12.6. The second-order valence-electron chi connectivity index (χ2n) is 8.17. The average molecular weight is 503 g/mol. The molecule has 0 radical (unpaired) electrons. The largest absolute Gasteiger partial charge is 0.493 e. The van der Waals surface area contributed by atoms with E-state index in [-0.39, 0.29) is 5.91 Å². The normalized spacial score (nSPS) is 11.1. The van der Waals surface area contributed by atoms with Gasteiger partial charge in [-0.05, 0) is 42.3 Å². The topological polar surface area (TPSA) is 72.6 Å². The van der Waals surface area contributed by atoms with Gasteiger partial charge in [0.15, 0.2) is 11.5 Å².